The van der Waals surface area contributed by atoms with Crippen LogP contribution in [-0.2, 0) is 4.79 Å². The van der Waals surface area contributed by atoms with Gasteiger partial charge in [-0.05, 0) is 37.3 Å². The summed E-state index contributed by atoms with van der Waals surface area (Å²) in [5, 5.41) is 3.31. The van der Waals surface area contributed by atoms with E-state index in [4.69, 9.17) is 11.6 Å². The number of nitrogens with one attached hydrogen (secondary N) is 1. The van der Waals surface area contributed by atoms with Crippen LogP contribution in [0.1, 0.15) is 19.3 Å². The second kappa shape index (κ2) is 7.05. The van der Waals surface area contributed by atoms with Gasteiger partial charge in [0.1, 0.15) is 0 Å². The summed E-state index contributed by atoms with van der Waals surface area (Å²) in [5.41, 5.74) is 0. The predicted molar refractivity (Wildman–Crippen MR) is 77.2 cm³/mol. The van der Waals surface area contributed by atoms with Gasteiger partial charge >= 0.3 is 0 Å². The van der Waals surface area contributed by atoms with Gasteiger partial charge in [-0.15, -0.1) is 23.4 Å². The van der Waals surface area contributed by atoms with Gasteiger partial charge in [0.05, 0.1) is 5.75 Å². The Balaban J connectivity index is 1.63. The van der Waals surface area contributed by atoms with Crippen LogP contribution in [0.25, 0.3) is 0 Å². The van der Waals surface area contributed by atoms with Gasteiger partial charge in [0.15, 0.2) is 0 Å². The first-order chi connectivity index (χ1) is 8.74. The molecule has 2 unspecified atom stereocenters. The smallest absolute Gasteiger partial charge is 0.230 e. The highest BCUT2D eigenvalue weighted by molar-refractivity contribution is 8.00. The van der Waals surface area contributed by atoms with Crippen molar-refractivity contribution >= 4 is 29.3 Å². The molecule has 0 aromatic heterocycles. The Morgan fingerprint density at radius 1 is 1.33 bits per heavy atom. The Morgan fingerprint density at radius 2 is 2.11 bits per heavy atom. The third kappa shape index (κ3) is 4.54. The molecule has 1 fully saturated rings. The van der Waals surface area contributed by atoms with E-state index in [9.17, 15) is 4.79 Å². The number of carbonyl (C=O) groups excluding carboxylic acids is 1. The van der Waals surface area contributed by atoms with Crippen molar-refractivity contribution in [3.8, 4) is 0 Å². The highest BCUT2D eigenvalue weighted by Gasteiger charge is 2.22. The number of alkyl halides is 1. The molecule has 2 nitrogen and oxygen atoms in total. The number of carbonyl (C=O) groups is 1. The van der Waals surface area contributed by atoms with Gasteiger partial charge in [0, 0.05) is 16.8 Å². The van der Waals surface area contributed by atoms with E-state index in [1.54, 1.807) is 11.8 Å². The van der Waals surface area contributed by atoms with E-state index < -0.39 is 0 Å². The van der Waals surface area contributed by atoms with E-state index in [-0.39, 0.29) is 5.91 Å². The van der Waals surface area contributed by atoms with Crippen LogP contribution in [-0.4, -0.2) is 23.6 Å². The molecular formula is C14H18ClNOS. The zero-order valence-corrected chi connectivity index (χ0v) is 11.8. The van der Waals surface area contributed by atoms with Crippen LogP contribution >= 0.6 is 23.4 Å². The SMILES string of the molecule is O=C(CSc1ccccc1)NCC1CCC(Cl)C1. The van der Waals surface area contributed by atoms with Gasteiger partial charge in [0.2, 0.25) is 5.91 Å². The Hall–Kier alpha value is -0.670. The van der Waals surface area contributed by atoms with Crippen LogP contribution in [0.5, 0.6) is 0 Å². The molecule has 1 aliphatic carbocycles. The Morgan fingerprint density at radius 3 is 2.78 bits per heavy atom. The predicted octanol–water partition coefficient (Wildman–Crippen LogP) is 3.30. The second-order valence-electron chi connectivity index (χ2n) is 4.68. The standard InChI is InChI=1S/C14H18ClNOS/c15-12-7-6-11(8-12)9-16-14(17)10-18-13-4-2-1-3-5-13/h1-5,11-12H,6-10H2,(H,16,17). The second-order valence-corrected chi connectivity index (χ2v) is 6.35. The quantitative estimate of drug-likeness (QED) is 0.664. The Bertz CT molecular complexity index is 385. The van der Waals surface area contributed by atoms with Crippen molar-refractivity contribution in [3.05, 3.63) is 30.3 Å². The number of amides is 1. The summed E-state index contributed by atoms with van der Waals surface area (Å²) >= 11 is 7.62. The summed E-state index contributed by atoms with van der Waals surface area (Å²) in [6.07, 6.45) is 3.26. The van der Waals surface area contributed by atoms with E-state index in [1.165, 1.54) is 0 Å². The maximum atomic E-state index is 11.7. The molecule has 1 N–H and O–H groups in total. The highest BCUT2D eigenvalue weighted by atomic mass is 35.5. The molecule has 1 aliphatic rings. The van der Waals surface area contributed by atoms with Crippen LogP contribution in [0, 0.1) is 5.92 Å². The molecule has 0 saturated heterocycles. The lowest BCUT2D eigenvalue weighted by molar-refractivity contribution is -0.118. The molecule has 2 rings (SSSR count). The number of hydrogen-bond acceptors (Lipinski definition) is 2. The lowest BCUT2D eigenvalue weighted by Crippen LogP contribution is -2.29. The monoisotopic (exact) mass is 283 g/mol. The topological polar surface area (TPSA) is 29.1 Å². The third-order valence-electron chi connectivity index (χ3n) is 3.18. The molecule has 1 saturated carbocycles. The van der Waals surface area contributed by atoms with Gasteiger partial charge < -0.3 is 5.32 Å². The molecule has 98 valence electrons. The van der Waals surface area contributed by atoms with E-state index in [0.717, 1.165) is 30.7 Å². The van der Waals surface area contributed by atoms with Crippen LogP contribution in [0.2, 0.25) is 0 Å². The number of thioether (sulfide) groups is 1. The fraction of sp³-hybridized carbons (Fsp3) is 0.500. The molecule has 0 spiro atoms. The normalized spacial score (nSPS) is 22.9. The summed E-state index contributed by atoms with van der Waals surface area (Å²) < 4.78 is 0. The largest absolute Gasteiger partial charge is 0.355 e. The lowest BCUT2D eigenvalue weighted by atomic mass is 10.1. The molecule has 1 aromatic rings. The summed E-state index contributed by atoms with van der Waals surface area (Å²) in [7, 11) is 0. The van der Waals surface area contributed by atoms with E-state index in [0.29, 0.717) is 17.0 Å². The van der Waals surface area contributed by atoms with Gasteiger partial charge in [0.25, 0.3) is 0 Å². The molecule has 0 bridgehead atoms. The summed E-state index contributed by atoms with van der Waals surface area (Å²) in [6.45, 7) is 0.775. The summed E-state index contributed by atoms with van der Waals surface area (Å²) in [6, 6.07) is 9.99. The zero-order valence-electron chi connectivity index (χ0n) is 10.3. The van der Waals surface area contributed by atoms with Crippen molar-refractivity contribution in [3.63, 3.8) is 0 Å². The maximum Gasteiger partial charge on any atom is 0.230 e. The molecule has 0 aliphatic heterocycles. The highest BCUT2D eigenvalue weighted by Crippen LogP contribution is 2.28. The van der Waals surface area contributed by atoms with Crippen molar-refractivity contribution in [1.29, 1.82) is 0 Å². The van der Waals surface area contributed by atoms with Gasteiger partial charge in [-0.2, -0.15) is 0 Å². The van der Waals surface area contributed by atoms with Crippen molar-refractivity contribution in [2.75, 3.05) is 12.3 Å². The minimum absolute atomic E-state index is 0.113. The van der Waals surface area contributed by atoms with E-state index in [1.807, 2.05) is 30.3 Å². The first kappa shape index (κ1) is 13.8. The Kier molecular flexibility index (Phi) is 5.39. The molecule has 4 heteroatoms. The van der Waals surface area contributed by atoms with Crippen LogP contribution in [0.3, 0.4) is 0 Å². The fourth-order valence-electron chi connectivity index (χ4n) is 2.17. The van der Waals surface area contributed by atoms with Crippen LogP contribution in [0.15, 0.2) is 35.2 Å². The first-order valence-corrected chi connectivity index (χ1v) is 7.75. The van der Waals surface area contributed by atoms with E-state index in [2.05, 4.69) is 5.32 Å². The number of benzene rings is 1. The van der Waals surface area contributed by atoms with Crippen LogP contribution in [0.4, 0.5) is 0 Å². The van der Waals surface area contributed by atoms with Gasteiger partial charge in [-0.25, -0.2) is 0 Å². The molecule has 18 heavy (non-hydrogen) atoms. The molecule has 1 aromatic carbocycles. The Labute approximate surface area is 117 Å². The number of rotatable bonds is 5. The van der Waals surface area contributed by atoms with Crippen molar-refractivity contribution in [2.24, 2.45) is 5.92 Å². The minimum atomic E-state index is 0.113. The fourth-order valence-corrected chi connectivity index (χ4v) is 3.30. The maximum absolute atomic E-state index is 11.7. The molecule has 0 heterocycles. The number of hydrogen-bond donors (Lipinski definition) is 1. The van der Waals surface area contributed by atoms with Gasteiger partial charge in [-0.3, -0.25) is 4.79 Å². The van der Waals surface area contributed by atoms with Gasteiger partial charge in [-0.1, -0.05) is 18.2 Å². The van der Waals surface area contributed by atoms with E-state index >= 15 is 0 Å². The lowest BCUT2D eigenvalue weighted by Gasteiger charge is -2.10. The van der Waals surface area contributed by atoms with Crippen LogP contribution < -0.4 is 5.32 Å². The first-order valence-electron chi connectivity index (χ1n) is 6.32. The summed E-state index contributed by atoms with van der Waals surface area (Å²) in [5.74, 6) is 1.17. The summed E-state index contributed by atoms with van der Waals surface area (Å²) in [4.78, 5) is 12.8. The average molecular weight is 284 g/mol. The molecule has 1 amide bonds. The third-order valence-corrected chi connectivity index (χ3v) is 4.59. The zero-order chi connectivity index (χ0) is 12.8. The average Bonchev–Trinajstić information content (AvgIpc) is 2.81. The van der Waals surface area contributed by atoms with Crippen molar-refractivity contribution in [1.82, 2.24) is 5.32 Å². The molecule has 0 radical (unpaired) electrons. The number of halogens is 1. The molecule has 2 atom stereocenters. The van der Waals surface area contributed by atoms with Crippen molar-refractivity contribution < 1.29 is 4.79 Å². The minimum Gasteiger partial charge on any atom is -0.355 e. The van der Waals surface area contributed by atoms with Crippen molar-refractivity contribution in [2.45, 2.75) is 29.5 Å². The molecular weight excluding hydrogens is 266 g/mol.